The molecule has 1 aromatic carbocycles. The van der Waals surface area contributed by atoms with Gasteiger partial charge in [-0.15, -0.1) is 0 Å². The fraction of sp³-hybridized carbons (Fsp3) is 0.273. The van der Waals surface area contributed by atoms with Crippen molar-refractivity contribution in [2.75, 3.05) is 12.4 Å². The standard InChI is InChI=1S/C11H9F3N2O2/c1-16-5-7-4-6(9(17)11(12,13)14)2-3-8(7)15-10(16)18/h2-4H,5H2,1H3,(H,15,18). The Morgan fingerprint density at radius 2 is 2.06 bits per heavy atom. The Kier molecular flexibility index (Phi) is 2.76. The van der Waals surface area contributed by atoms with Crippen molar-refractivity contribution in [2.24, 2.45) is 0 Å². The zero-order valence-electron chi connectivity index (χ0n) is 9.34. The van der Waals surface area contributed by atoms with Crippen molar-refractivity contribution >= 4 is 17.5 Å². The summed E-state index contributed by atoms with van der Waals surface area (Å²) in [5.41, 5.74) is 0.481. The average Bonchev–Trinajstić information content (AvgIpc) is 2.28. The van der Waals surface area contributed by atoms with Gasteiger partial charge in [0, 0.05) is 24.8 Å². The van der Waals surface area contributed by atoms with Crippen LogP contribution in [0.2, 0.25) is 0 Å². The van der Waals surface area contributed by atoms with Gasteiger partial charge in [-0.25, -0.2) is 4.79 Å². The Morgan fingerprint density at radius 1 is 1.39 bits per heavy atom. The molecule has 96 valence electrons. The number of benzene rings is 1. The van der Waals surface area contributed by atoms with Gasteiger partial charge >= 0.3 is 12.2 Å². The zero-order valence-corrected chi connectivity index (χ0v) is 9.34. The predicted octanol–water partition coefficient (Wildman–Crippen LogP) is 2.41. The van der Waals surface area contributed by atoms with Crippen molar-refractivity contribution in [3.8, 4) is 0 Å². The summed E-state index contributed by atoms with van der Waals surface area (Å²) in [6.45, 7) is 0.167. The van der Waals surface area contributed by atoms with E-state index in [-0.39, 0.29) is 12.6 Å². The molecule has 7 heteroatoms. The van der Waals surface area contributed by atoms with Crippen molar-refractivity contribution in [1.82, 2.24) is 4.90 Å². The highest BCUT2D eigenvalue weighted by Crippen LogP contribution is 2.27. The lowest BCUT2D eigenvalue weighted by Gasteiger charge is -2.26. The summed E-state index contributed by atoms with van der Waals surface area (Å²) in [5, 5.41) is 2.51. The summed E-state index contributed by atoms with van der Waals surface area (Å²) < 4.78 is 36.8. The van der Waals surface area contributed by atoms with Gasteiger partial charge < -0.3 is 10.2 Å². The molecule has 2 rings (SSSR count). The topological polar surface area (TPSA) is 49.4 Å². The van der Waals surface area contributed by atoms with Crippen molar-refractivity contribution in [2.45, 2.75) is 12.7 Å². The van der Waals surface area contributed by atoms with Crippen LogP contribution in [0.5, 0.6) is 0 Å². The molecule has 1 heterocycles. The number of hydrogen-bond acceptors (Lipinski definition) is 2. The molecule has 0 atom stereocenters. The molecule has 0 spiro atoms. The number of alkyl halides is 3. The third kappa shape index (κ3) is 2.15. The summed E-state index contributed by atoms with van der Waals surface area (Å²) >= 11 is 0. The second-order valence-electron chi connectivity index (χ2n) is 3.99. The second kappa shape index (κ2) is 4.01. The van der Waals surface area contributed by atoms with Crippen LogP contribution in [-0.4, -0.2) is 29.9 Å². The molecule has 1 N–H and O–H groups in total. The van der Waals surface area contributed by atoms with Crippen LogP contribution in [0.3, 0.4) is 0 Å². The van der Waals surface area contributed by atoms with E-state index < -0.39 is 17.5 Å². The second-order valence-corrected chi connectivity index (χ2v) is 3.99. The third-order valence-corrected chi connectivity index (χ3v) is 2.62. The van der Waals surface area contributed by atoms with Crippen molar-refractivity contribution < 1.29 is 22.8 Å². The zero-order chi connectivity index (χ0) is 13.5. The van der Waals surface area contributed by atoms with Gasteiger partial charge in [0.1, 0.15) is 0 Å². The molecule has 0 aromatic heterocycles. The molecule has 1 aliphatic rings. The van der Waals surface area contributed by atoms with Crippen LogP contribution >= 0.6 is 0 Å². The first-order chi connectivity index (χ1) is 8.29. The van der Waals surface area contributed by atoms with Crippen LogP contribution in [0, 0.1) is 0 Å². The van der Waals surface area contributed by atoms with E-state index in [9.17, 15) is 22.8 Å². The number of amides is 2. The first-order valence-corrected chi connectivity index (χ1v) is 5.05. The lowest BCUT2D eigenvalue weighted by Crippen LogP contribution is -2.35. The maximum absolute atomic E-state index is 12.3. The molecule has 4 nitrogen and oxygen atoms in total. The number of urea groups is 1. The van der Waals surface area contributed by atoms with Crippen LogP contribution < -0.4 is 5.32 Å². The Morgan fingerprint density at radius 3 is 2.67 bits per heavy atom. The van der Waals surface area contributed by atoms with Crippen LogP contribution in [0.1, 0.15) is 15.9 Å². The van der Waals surface area contributed by atoms with Crippen LogP contribution in [0.4, 0.5) is 23.7 Å². The maximum Gasteiger partial charge on any atom is 0.454 e. The first-order valence-electron chi connectivity index (χ1n) is 5.05. The van der Waals surface area contributed by atoms with Gasteiger partial charge in [-0.2, -0.15) is 13.2 Å². The molecule has 0 saturated heterocycles. The molecule has 2 amide bonds. The molecule has 0 radical (unpaired) electrons. The molecular formula is C11H9F3N2O2. The normalized spacial score (nSPS) is 15.1. The molecule has 1 aliphatic heterocycles. The van der Waals surface area contributed by atoms with Crippen LogP contribution in [-0.2, 0) is 6.54 Å². The first kappa shape index (κ1) is 12.4. The van der Waals surface area contributed by atoms with E-state index in [0.717, 1.165) is 12.1 Å². The van der Waals surface area contributed by atoms with E-state index in [1.807, 2.05) is 0 Å². The fourth-order valence-electron chi connectivity index (χ4n) is 1.69. The largest absolute Gasteiger partial charge is 0.454 e. The highest BCUT2D eigenvalue weighted by Gasteiger charge is 2.39. The van der Waals surface area contributed by atoms with Gasteiger partial charge in [0.15, 0.2) is 0 Å². The molecule has 1 aromatic rings. The van der Waals surface area contributed by atoms with E-state index in [4.69, 9.17) is 0 Å². The van der Waals surface area contributed by atoms with Crippen molar-refractivity contribution in [3.63, 3.8) is 0 Å². The van der Waals surface area contributed by atoms with Crippen LogP contribution in [0.15, 0.2) is 18.2 Å². The summed E-state index contributed by atoms with van der Waals surface area (Å²) in [7, 11) is 1.51. The van der Waals surface area contributed by atoms with Gasteiger partial charge in [0.25, 0.3) is 5.78 Å². The Bertz CT molecular complexity index is 526. The lowest BCUT2D eigenvalue weighted by molar-refractivity contribution is -0.0885. The molecule has 0 fully saturated rings. The SMILES string of the molecule is CN1Cc2cc(C(=O)C(F)(F)F)ccc2NC1=O. The van der Waals surface area contributed by atoms with E-state index in [0.29, 0.717) is 11.3 Å². The number of ketones is 1. The van der Waals surface area contributed by atoms with E-state index >= 15 is 0 Å². The van der Waals surface area contributed by atoms with E-state index in [1.54, 1.807) is 0 Å². The Labute approximate surface area is 100 Å². The molecule has 0 unspecified atom stereocenters. The number of Topliss-reactive ketones (excluding diaryl/α,β-unsaturated/α-hetero) is 1. The number of hydrogen-bond donors (Lipinski definition) is 1. The Hall–Kier alpha value is -2.05. The predicted molar refractivity (Wildman–Crippen MR) is 57.3 cm³/mol. The molecule has 18 heavy (non-hydrogen) atoms. The maximum atomic E-state index is 12.3. The summed E-state index contributed by atoms with van der Waals surface area (Å²) in [4.78, 5) is 23.7. The van der Waals surface area contributed by atoms with Crippen molar-refractivity contribution in [1.29, 1.82) is 0 Å². The molecule has 0 saturated carbocycles. The minimum absolute atomic E-state index is 0.167. The quantitative estimate of drug-likeness (QED) is 0.786. The minimum atomic E-state index is -4.89. The van der Waals surface area contributed by atoms with Gasteiger partial charge in [-0.05, 0) is 23.8 Å². The van der Waals surface area contributed by atoms with E-state index in [1.165, 1.54) is 18.0 Å². The lowest BCUT2D eigenvalue weighted by atomic mass is 10.0. The Balaban J connectivity index is 2.37. The highest BCUT2D eigenvalue weighted by atomic mass is 19.4. The average molecular weight is 258 g/mol. The summed E-state index contributed by atoms with van der Waals surface area (Å²) in [5.74, 6) is -1.88. The monoisotopic (exact) mass is 258 g/mol. The number of fused-ring (bicyclic) bond motifs is 1. The van der Waals surface area contributed by atoms with Gasteiger partial charge in [-0.1, -0.05) is 0 Å². The number of anilines is 1. The highest BCUT2D eigenvalue weighted by molar-refractivity contribution is 6.01. The van der Waals surface area contributed by atoms with Crippen molar-refractivity contribution in [3.05, 3.63) is 29.3 Å². The molecule has 0 aliphatic carbocycles. The number of nitrogens with one attached hydrogen (secondary N) is 1. The number of nitrogens with zero attached hydrogens (tertiary/aromatic N) is 1. The van der Waals surface area contributed by atoms with Gasteiger partial charge in [0.2, 0.25) is 0 Å². The molecule has 0 bridgehead atoms. The number of carbonyl (C=O) groups excluding carboxylic acids is 2. The smallest absolute Gasteiger partial charge is 0.323 e. The summed E-state index contributed by atoms with van der Waals surface area (Å²) in [6, 6.07) is 3.18. The minimum Gasteiger partial charge on any atom is -0.323 e. The number of carbonyl (C=O) groups is 2. The van der Waals surface area contributed by atoms with E-state index in [2.05, 4.69) is 5.32 Å². The fourth-order valence-corrected chi connectivity index (χ4v) is 1.69. The number of halogens is 3. The van der Waals surface area contributed by atoms with Gasteiger partial charge in [0.05, 0.1) is 0 Å². The van der Waals surface area contributed by atoms with Gasteiger partial charge in [-0.3, -0.25) is 4.79 Å². The molecular weight excluding hydrogens is 249 g/mol. The number of rotatable bonds is 1. The third-order valence-electron chi connectivity index (χ3n) is 2.62. The summed E-state index contributed by atoms with van der Waals surface area (Å²) in [6.07, 6.45) is -4.89. The van der Waals surface area contributed by atoms with Crippen LogP contribution in [0.25, 0.3) is 0 Å².